The van der Waals surface area contributed by atoms with Crippen LogP contribution in [0.15, 0.2) is 66.7 Å². The largest absolute Gasteiger partial charge is 0.332 e. The number of nitro benzene ring substituents is 1. The molecule has 6 rings (SSSR count). The van der Waals surface area contributed by atoms with E-state index in [1.807, 2.05) is 36.4 Å². The zero-order valence-electron chi connectivity index (χ0n) is 17.8. The summed E-state index contributed by atoms with van der Waals surface area (Å²) < 4.78 is 0. The van der Waals surface area contributed by atoms with Gasteiger partial charge in [-0.05, 0) is 23.9 Å². The maximum atomic E-state index is 13.5. The van der Waals surface area contributed by atoms with Crippen LogP contribution in [-0.2, 0) is 4.79 Å². The highest BCUT2D eigenvalue weighted by atomic mass is 16.6. The van der Waals surface area contributed by atoms with Crippen molar-refractivity contribution in [2.24, 2.45) is 0 Å². The van der Waals surface area contributed by atoms with Crippen molar-refractivity contribution in [1.29, 1.82) is 0 Å². The SMILES string of the molecule is O=C1C2C3C[C@H](CN3C(=O)Nc3cccc([N+](=O)[O-])c3)N2C(=O)N1c1cccc2ccccc12. The molecule has 2 unspecified atom stereocenters. The van der Waals surface area contributed by atoms with Crippen LogP contribution in [0.5, 0.6) is 0 Å². The van der Waals surface area contributed by atoms with Crippen LogP contribution >= 0.6 is 0 Å². The molecule has 3 aromatic carbocycles. The molecular formula is C24H19N5O5. The van der Waals surface area contributed by atoms with E-state index in [1.54, 1.807) is 21.9 Å². The molecule has 0 radical (unpaired) electrons. The second-order valence-electron chi connectivity index (χ2n) is 8.65. The van der Waals surface area contributed by atoms with Crippen molar-refractivity contribution in [2.75, 3.05) is 16.8 Å². The zero-order chi connectivity index (χ0) is 23.6. The molecule has 3 fully saturated rings. The Bertz CT molecular complexity index is 1390. The van der Waals surface area contributed by atoms with Crippen molar-refractivity contribution in [3.8, 4) is 0 Å². The van der Waals surface area contributed by atoms with Gasteiger partial charge in [0.15, 0.2) is 0 Å². The zero-order valence-corrected chi connectivity index (χ0v) is 17.8. The summed E-state index contributed by atoms with van der Waals surface area (Å²) >= 11 is 0. The third-order valence-electron chi connectivity index (χ3n) is 6.84. The first-order chi connectivity index (χ1) is 16.4. The highest BCUT2D eigenvalue weighted by Gasteiger charge is 2.63. The summed E-state index contributed by atoms with van der Waals surface area (Å²) in [5, 5.41) is 15.4. The Morgan fingerprint density at radius 1 is 1.03 bits per heavy atom. The van der Waals surface area contributed by atoms with Gasteiger partial charge in [0.05, 0.1) is 22.7 Å². The molecule has 170 valence electrons. The Labute approximate surface area is 193 Å². The van der Waals surface area contributed by atoms with Crippen LogP contribution in [0.2, 0.25) is 0 Å². The van der Waals surface area contributed by atoms with E-state index in [4.69, 9.17) is 0 Å². The van der Waals surface area contributed by atoms with Crippen LogP contribution in [0.3, 0.4) is 0 Å². The van der Waals surface area contributed by atoms with Gasteiger partial charge in [0.2, 0.25) is 0 Å². The molecule has 3 saturated heterocycles. The number of nitro groups is 1. The summed E-state index contributed by atoms with van der Waals surface area (Å²) in [6.07, 6.45) is 0.522. The maximum absolute atomic E-state index is 13.5. The van der Waals surface area contributed by atoms with E-state index in [0.717, 1.165) is 10.8 Å². The van der Waals surface area contributed by atoms with E-state index in [-0.39, 0.29) is 23.7 Å². The molecule has 0 spiro atoms. The molecule has 3 atom stereocenters. The van der Waals surface area contributed by atoms with Crippen molar-refractivity contribution in [2.45, 2.75) is 24.5 Å². The number of urea groups is 2. The van der Waals surface area contributed by atoms with E-state index < -0.39 is 23.0 Å². The Kier molecular flexibility index (Phi) is 4.31. The van der Waals surface area contributed by atoms with Gasteiger partial charge in [-0.3, -0.25) is 14.9 Å². The van der Waals surface area contributed by atoms with E-state index in [9.17, 15) is 24.5 Å². The topological polar surface area (TPSA) is 116 Å². The summed E-state index contributed by atoms with van der Waals surface area (Å²) in [5.74, 6) is -0.346. The smallest absolute Gasteiger partial charge is 0.317 e. The van der Waals surface area contributed by atoms with Crippen molar-refractivity contribution in [3.05, 3.63) is 76.8 Å². The number of piperazine rings is 1. The number of nitrogens with one attached hydrogen (secondary N) is 1. The molecule has 0 saturated carbocycles. The molecule has 3 aliphatic heterocycles. The van der Waals surface area contributed by atoms with E-state index in [1.165, 1.54) is 23.1 Å². The fourth-order valence-corrected chi connectivity index (χ4v) is 5.41. The molecule has 3 heterocycles. The monoisotopic (exact) mass is 457 g/mol. The van der Waals surface area contributed by atoms with Crippen LogP contribution in [0.4, 0.5) is 26.7 Å². The van der Waals surface area contributed by atoms with E-state index >= 15 is 0 Å². The van der Waals surface area contributed by atoms with Gasteiger partial charge >= 0.3 is 12.1 Å². The average Bonchev–Trinajstić information content (AvgIpc) is 3.50. The third kappa shape index (κ3) is 2.84. The number of rotatable bonds is 3. The van der Waals surface area contributed by atoms with E-state index in [2.05, 4.69) is 5.32 Å². The fourth-order valence-electron chi connectivity index (χ4n) is 5.41. The van der Waals surface area contributed by atoms with E-state index in [0.29, 0.717) is 24.3 Å². The number of likely N-dealkylation sites (tertiary alicyclic amines) is 1. The van der Waals surface area contributed by atoms with Gasteiger partial charge < -0.3 is 15.1 Å². The first kappa shape index (κ1) is 20.2. The molecule has 5 amide bonds. The van der Waals surface area contributed by atoms with Crippen LogP contribution < -0.4 is 10.2 Å². The average molecular weight is 457 g/mol. The highest BCUT2D eigenvalue weighted by molar-refractivity contribution is 6.25. The van der Waals surface area contributed by atoms with Crippen molar-refractivity contribution < 1.29 is 19.3 Å². The number of fused-ring (bicyclic) bond motifs is 6. The first-order valence-corrected chi connectivity index (χ1v) is 10.9. The quantitative estimate of drug-likeness (QED) is 0.367. The number of carbonyl (C=O) groups excluding carboxylic acids is 3. The van der Waals surface area contributed by atoms with Gasteiger partial charge in [-0.1, -0.05) is 42.5 Å². The number of hydrogen-bond acceptors (Lipinski definition) is 5. The van der Waals surface area contributed by atoms with Gasteiger partial charge in [0.25, 0.3) is 11.6 Å². The summed E-state index contributed by atoms with van der Waals surface area (Å²) in [6, 6.07) is 16.5. The van der Waals surface area contributed by atoms with Gasteiger partial charge in [-0.15, -0.1) is 0 Å². The predicted molar refractivity (Wildman–Crippen MR) is 123 cm³/mol. The summed E-state index contributed by atoms with van der Waals surface area (Å²) in [5.41, 5.74) is 0.703. The van der Waals surface area contributed by atoms with Crippen LogP contribution in [0.1, 0.15) is 6.42 Å². The number of carbonyl (C=O) groups is 3. The third-order valence-corrected chi connectivity index (χ3v) is 6.84. The number of nitrogens with zero attached hydrogens (tertiary/aromatic N) is 4. The van der Waals surface area contributed by atoms with Crippen LogP contribution in [-0.4, -0.2) is 57.4 Å². The fraction of sp³-hybridized carbons (Fsp3) is 0.208. The second-order valence-corrected chi connectivity index (χ2v) is 8.65. The molecule has 10 heteroatoms. The predicted octanol–water partition coefficient (Wildman–Crippen LogP) is 3.57. The molecule has 3 aromatic rings. The van der Waals surface area contributed by atoms with Crippen LogP contribution in [0, 0.1) is 10.1 Å². The van der Waals surface area contributed by atoms with Gasteiger partial charge in [0.1, 0.15) is 6.04 Å². The van der Waals surface area contributed by atoms with Crippen molar-refractivity contribution in [1.82, 2.24) is 9.80 Å². The summed E-state index contributed by atoms with van der Waals surface area (Å²) in [6.45, 7) is 0.296. The van der Waals surface area contributed by atoms with Gasteiger partial charge in [0, 0.05) is 29.8 Å². The molecule has 3 aliphatic rings. The molecule has 34 heavy (non-hydrogen) atoms. The molecule has 0 aliphatic carbocycles. The van der Waals surface area contributed by atoms with Crippen LogP contribution in [0.25, 0.3) is 10.8 Å². The summed E-state index contributed by atoms with van der Waals surface area (Å²) in [7, 11) is 0. The second kappa shape index (κ2) is 7.27. The van der Waals surface area contributed by atoms with Gasteiger partial charge in [-0.2, -0.15) is 0 Å². The lowest BCUT2D eigenvalue weighted by atomic mass is 10.1. The Hall–Kier alpha value is -4.47. The first-order valence-electron chi connectivity index (χ1n) is 10.9. The number of amides is 5. The normalized spacial score (nSPS) is 23.1. The number of imide groups is 1. The highest BCUT2D eigenvalue weighted by Crippen LogP contribution is 2.43. The Morgan fingerprint density at radius 3 is 2.62 bits per heavy atom. The number of non-ortho nitro benzene ring substituents is 1. The number of benzene rings is 3. The maximum Gasteiger partial charge on any atom is 0.332 e. The molecule has 1 N–H and O–H groups in total. The lowest BCUT2D eigenvalue weighted by molar-refractivity contribution is -0.384. The molecule has 2 bridgehead atoms. The minimum Gasteiger partial charge on any atom is -0.317 e. The van der Waals surface area contributed by atoms with Crippen molar-refractivity contribution in [3.63, 3.8) is 0 Å². The lowest BCUT2D eigenvalue weighted by Crippen LogP contribution is -2.55. The van der Waals surface area contributed by atoms with Gasteiger partial charge in [-0.25, -0.2) is 14.5 Å². The molecular weight excluding hydrogens is 438 g/mol. The molecule has 0 aromatic heterocycles. The Balaban J connectivity index is 1.27. The Morgan fingerprint density at radius 2 is 1.79 bits per heavy atom. The number of anilines is 2. The lowest BCUT2D eigenvalue weighted by Gasteiger charge is -2.34. The minimum absolute atomic E-state index is 0.130. The minimum atomic E-state index is -0.749. The number of hydrogen-bond donors (Lipinski definition) is 1. The summed E-state index contributed by atoms with van der Waals surface area (Å²) in [4.78, 5) is 54.7. The molecule has 10 nitrogen and oxygen atoms in total. The van der Waals surface area contributed by atoms with Crippen molar-refractivity contribution >= 4 is 45.8 Å². The standard InChI is InChI=1S/C24H19N5O5/c30-22-21-20-12-17(13-26(20)23(31)25-15-7-4-8-16(11-15)29(33)34)27(21)24(32)28(22)19-10-3-6-14-5-1-2-9-18(14)19/h1-11,17,20-21H,12-13H2,(H,25,31)/t17-,20?,21?/m1/s1.